The minimum atomic E-state index is -0.729. The molecule has 0 aromatic carbocycles. The van der Waals surface area contributed by atoms with Gasteiger partial charge in [0.2, 0.25) is 0 Å². The Labute approximate surface area is 206 Å². The number of hydrogen-bond acceptors (Lipinski definition) is 7. The van der Waals surface area contributed by atoms with Gasteiger partial charge < -0.3 is 18.8 Å². The van der Waals surface area contributed by atoms with Crippen molar-refractivity contribution in [3.05, 3.63) is 10.1 Å². The Morgan fingerprint density at radius 3 is 1.71 bits per heavy atom. The lowest BCUT2D eigenvalue weighted by Gasteiger charge is -2.28. The monoisotopic (exact) mass is 489 g/mol. The molecule has 0 amide bonds. The van der Waals surface area contributed by atoms with Crippen molar-refractivity contribution in [3.63, 3.8) is 0 Å². The second kappa shape index (κ2) is 20.5. The standard InChI is InChI=1S/C25H49N2O7/c1-5-32-25(29)21-23(22-27(2,3)4)34-24(28)19-17-15-13-11-9-7-6-8-10-12-14-16-18-20-33-26(30)31/h23H,5-22H2,1-4H3/q+1/t23-/m0/s1. The molecule has 0 saturated carbocycles. The minimum Gasteiger partial charge on any atom is -0.466 e. The first-order valence-electron chi connectivity index (χ1n) is 13.1. The van der Waals surface area contributed by atoms with Crippen LogP contribution < -0.4 is 0 Å². The molecule has 34 heavy (non-hydrogen) atoms. The third-order valence-electron chi connectivity index (χ3n) is 5.47. The van der Waals surface area contributed by atoms with Gasteiger partial charge in [0.05, 0.1) is 40.8 Å². The molecule has 0 saturated heterocycles. The molecule has 0 heterocycles. The van der Waals surface area contributed by atoms with Crippen LogP contribution in [0.15, 0.2) is 0 Å². The molecule has 0 radical (unpaired) electrons. The molecule has 0 aromatic rings. The highest BCUT2D eigenvalue weighted by Crippen LogP contribution is 2.14. The fourth-order valence-electron chi connectivity index (χ4n) is 3.86. The van der Waals surface area contributed by atoms with Crippen molar-refractivity contribution in [2.24, 2.45) is 0 Å². The molecular formula is C25H49N2O7+. The first-order valence-corrected chi connectivity index (χ1v) is 13.1. The van der Waals surface area contributed by atoms with E-state index in [4.69, 9.17) is 9.47 Å². The van der Waals surface area contributed by atoms with Crippen molar-refractivity contribution >= 4 is 11.9 Å². The molecule has 0 aromatic heterocycles. The lowest BCUT2D eigenvalue weighted by atomic mass is 10.0. The summed E-state index contributed by atoms with van der Waals surface area (Å²) in [4.78, 5) is 38.4. The van der Waals surface area contributed by atoms with E-state index >= 15 is 0 Å². The summed E-state index contributed by atoms with van der Waals surface area (Å²) >= 11 is 0. The third kappa shape index (κ3) is 23.3. The quantitative estimate of drug-likeness (QED) is 0.0636. The van der Waals surface area contributed by atoms with Crippen molar-refractivity contribution < 1.29 is 33.5 Å². The predicted octanol–water partition coefficient (Wildman–Crippen LogP) is 5.23. The third-order valence-corrected chi connectivity index (χ3v) is 5.47. The molecule has 1 atom stereocenters. The van der Waals surface area contributed by atoms with Gasteiger partial charge >= 0.3 is 11.9 Å². The largest absolute Gasteiger partial charge is 0.466 e. The van der Waals surface area contributed by atoms with Crippen LogP contribution in [-0.4, -0.2) is 68.5 Å². The normalized spacial score (nSPS) is 12.2. The molecule has 200 valence electrons. The number of likely N-dealkylation sites (N-methyl/N-ethyl adjacent to an activating group) is 1. The summed E-state index contributed by atoms with van der Waals surface area (Å²) in [5.41, 5.74) is 0. The minimum absolute atomic E-state index is 0.105. The summed E-state index contributed by atoms with van der Waals surface area (Å²) < 4.78 is 11.2. The number of carbonyl (C=O) groups excluding carboxylic acids is 2. The van der Waals surface area contributed by atoms with Gasteiger partial charge in [-0.15, -0.1) is 10.1 Å². The molecule has 0 rings (SSSR count). The van der Waals surface area contributed by atoms with Crippen molar-refractivity contribution in [1.29, 1.82) is 0 Å². The van der Waals surface area contributed by atoms with Crippen LogP contribution in [0.2, 0.25) is 0 Å². The zero-order valence-electron chi connectivity index (χ0n) is 22.1. The molecule has 0 aliphatic heterocycles. The summed E-state index contributed by atoms with van der Waals surface area (Å²) in [5.74, 6) is -0.554. The highest BCUT2D eigenvalue weighted by atomic mass is 16.9. The number of rotatable bonds is 23. The molecule has 0 bridgehead atoms. The number of nitrogens with zero attached hydrogens (tertiary/aromatic N) is 2. The summed E-state index contributed by atoms with van der Waals surface area (Å²) in [6.45, 7) is 2.88. The van der Waals surface area contributed by atoms with E-state index in [1.54, 1.807) is 6.92 Å². The van der Waals surface area contributed by atoms with Gasteiger partial charge in [0.25, 0.3) is 5.09 Å². The Morgan fingerprint density at radius 1 is 0.794 bits per heavy atom. The van der Waals surface area contributed by atoms with Crippen LogP contribution in [0.5, 0.6) is 0 Å². The van der Waals surface area contributed by atoms with Gasteiger partial charge in [-0.25, -0.2) is 0 Å². The Morgan fingerprint density at radius 2 is 1.26 bits per heavy atom. The fourth-order valence-corrected chi connectivity index (χ4v) is 3.86. The number of esters is 2. The van der Waals surface area contributed by atoms with Crippen LogP contribution in [0, 0.1) is 10.1 Å². The van der Waals surface area contributed by atoms with E-state index in [2.05, 4.69) is 4.84 Å². The second-order valence-corrected chi connectivity index (χ2v) is 10.00. The Hall–Kier alpha value is -1.90. The highest BCUT2D eigenvalue weighted by Gasteiger charge is 2.25. The van der Waals surface area contributed by atoms with Gasteiger partial charge in [0, 0.05) is 6.42 Å². The molecule has 9 heteroatoms. The first-order chi connectivity index (χ1) is 16.1. The van der Waals surface area contributed by atoms with Gasteiger partial charge in [0.1, 0.15) is 6.54 Å². The Bertz CT molecular complexity index is 550. The molecule has 0 N–H and O–H groups in total. The van der Waals surface area contributed by atoms with Gasteiger partial charge in [0.15, 0.2) is 6.10 Å². The summed E-state index contributed by atoms with van der Waals surface area (Å²) in [6.07, 6.45) is 14.5. The Kier molecular flexibility index (Phi) is 19.3. The lowest BCUT2D eigenvalue weighted by Crippen LogP contribution is -2.44. The molecule has 0 aliphatic rings. The Balaban J connectivity index is 3.65. The lowest BCUT2D eigenvalue weighted by molar-refractivity contribution is -0.873. The van der Waals surface area contributed by atoms with E-state index in [-0.39, 0.29) is 25.0 Å². The van der Waals surface area contributed by atoms with Gasteiger partial charge in [-0.3, -0.25) is 9.59 Å². The summed E-state index contributed by atoms with van der Waals surface area (Å²) in [7, 11) is 6.02. The topological polar surface area (TPSA) is 105 Å². The smallest absolute Gasteiger partial charge is 0.309 e. The molecule has 0 aliphatic carbocycles. The van der Waals surface area contributed by atoms with Crippen molar-refractivity contribution in [1.82, 2.24) is 0 Å². The zero-order valence-corrected chi connectivity index (χ0v) is 22.1. The number of hydrogen-bond donors (Lipinski definition) is 0. The van der Waals surface area contributed by atoms with E-state index in [9.17, 15) is 19.7 Å². The van der Waals surface area contributed by atoms with Crippen LogP contribution in [0.4, 0.5) is 0 Å². The van der Waals surface area contributed by atoms with Crippen LogP contribution >= 0.6 is 0 Å². The average Bonchev–Trinajstić information content (AvgIpc) is 2.72. The SMILES string of the molecule is CCOC(=O)C[C@@H](C[N+](C)(C)C)OC(=O)CCCCCCCCCCCCCCCO[N+](=O)[O-]. The fraction of sp³-hybridized carbons (Fsp3) is 0.920. The van der Waals surface area contributed by atoms with Gasteiger partial charge in [-0.1, -0.05) is 70.6 Å². The van der Waals surface area contributed by atoms with E-state index in [1.165, 1.54) is 44.9 Å². The molecule has 0 fully saturated rings. The number of quaternary nitrogens is 1. The van der Waals surface area contributed by atoms with E-state index < -0.39 is 11.2 Å². The van der Waals surface area contributed by atoms with Gasteiger partial charge in [-0.05, 0) is 19.8 Å². The highest BCUT2D eigenvalue weighted by molar-refractivity contribution is 5.72. The molecular weight excluding hydrogens is 440 g/mol. The van der Waals surface area contributed by atoms with Crippen LogP contribution in [0.1, 0.15) is 103 Å². The maximum atomic E-state index is 12.2. The van der Waals surface area contributed by atoms with E-state index in [0.29, 0.717) is 24.1 Å². The summed E-state index contributed by atoms with van der Waals surface area (Å²) in [6, 6.07) is 0. The second-order valence-electron chi connectivity index (χ2n) is 10.00. The summed E-state index contributed by atoms with van der Waals surface area (Å²) in [5, 5.41) is 9.30. The first kappa shape index (κ1) is 32.1. The maximum Gasteiger partial charge on any atom is 0.309 e. The van der Waals surface area contributed by atoms with Crippen molar-refractivity contribution in [2.45, 2.75) is 109 Å². The maximum absolute atomic E-state index is 12.2. The van der Waals surface area contributed by atoms with E-state index in [1.807, 2.05) is 21.1 Å². The number of ether oxygens (including phenoxy) is 2. The van der Waals surface area contributed by atoms with Gasteiger partial charge in [-0.2, -0.15) is 0 Å². The molecule has 0 unspecified atom stereocenters. The molecule has 0 spiro atoms. The zero-order chi connectivity index (χ0) is 25.7. The van der Waals surface area contributed by atoms with Crippen molar-refractivity contribution in [2.75, 3.05) is 40.9 Å². The predicted molar refractivity (Wildman–Crippen MR) is 132 cm³/mol. The number of unbranched alkanes of at least 4 members (excludes halogenated alkanes) is 12. The van der Waals surface area contributed by atoms with Crippen LogP contribution in [0.25, 0.3) is 0 Å². The van der Waals surface area contributed by atoms with Crippen molar-refractivity contribution in [3.8, 4) is 0 Å². The molecule has 9 nitrogen and oxygen atoms in total. The van der Waals surface area contributed by atoms with Crippen LogP contribution in [0.3, 0.4) is 0 Å². The van der Waals surface area contributed by atoms with E-state index in [0.717, 1.165) is 38.5 Å². The average molecular weight is 490 g/mol. The number of carbonyl (C=O) groups is 2. The van der Waals surface area contributed by atoms with Crippen LogP contribution in [-0.2, 0) is 23.9 Å².